The molecule has 1 fully saturated rings. The average molecular weight is 241 g/mol. The maximum absolute atomic E-state index is 5.60. The van der Waals surface area contributed by atoms with Gasteiger partial charge in [-0.2, -0.15) is 0 Å². The molecule has 100 valence electrons. The SMILES string of the molecule is CC(C)CN=C(NN)N1CCCN(C)CC1C. The molecule has 1 unspecified atom stereocenters. The first kappa shape index (κ1) is 14.3. The monoisotopic (exact) mass is 241 g/mol. The van der Waals surface area contributed by atoms with Gasteiger partial charge in [-0.15, -0.1) is 0 Å². The smallest absolute Gasteiger partial charge is 0.208 e. The van der Waals surface area contributed by atoms with Crippen LogP contribution in [0.1, 0.15) is 27.2 Å². The van der Waals surface area contributed by atoms with Crippen LogP contribution in [0.25, 0.3) is 0 Å². The minimum Gasteiger partial charge on any atom is -0.338 e. The highest BCUT2D eigenvalue weighted by molar-refractivity contribution is 5.79. The van der Waals surface area contributed by atoms with E-state index in [0.717, 1.165) is 38.6 Å². The van der Waals surface area contributed by atoms with Crippen molar-refractivity contribution >= 4 is 5.96 Å². The summed E-state index contributed by atoms with van der Waals surface area (Å²) in [5.74, 6) is 7.00. The molecule has 0 aromatic carbocycles. The number of nitrogens with two attached hydrogens (primary N) is 1. The van der Waals surface area contributed by atoms with Crippen LogP contribution in [0.5, 0.6) is 0 Å². The summed E-state index contributed by atoms with van der Waals surface area (Å²) in [6.07, 6.45) is 1.16. The molecule has 0 saturated carbocycles. The molecule has 0 amide bonds. The first-order valence-electron chi connectivity index (χ1n) is 6.50. The van der Waals surface area contributed by atoms with Crippen molar-refractivity contribution in [1.29, 1.82) is 0 Å². The maximum atomic E-state index is 5.60. The highest BCUT2D eigenvalue weighted by Crippen LogP contribution is 2.09. The molecule has 1 saturated heterocycles. The predicted molar refractivity (Wildman–Crippen MR) is 72.7 cm³/mol. The van der Waals surface area contributed by atoms with E-state index in [1.165, 1.54) is 0 Å². The van der Waals surface area contributed by atoms with Crippen LogP contribution in [-0.4, -0.2) is 55.0 Å². The molecule has 0 radical (unpaired) electrons. The average Bonchev–Trinajstić information content (AvgIpc) is 2.41. The van der Waals surface area contributed by atoms with Crippen molar-refractivity contribution in [3.63, 3.8) is 0 Å². The molecule has 0 bridgehead atoms. The molecule has 5 heteroatoms. The summed E-state index contributed by atoms with van der Waals surface area (Å²) in [6.45, 7) is 10.6. The van der Waals surface area contributed by atoms with E-state index in [0.29, 0.717) is 12.0 Å². The molecular weight excluding hydrogens is 214 g/mol. The second kappa shape index (κ2) is 6.81. The molecule has 1 aliphatic heterocycles. The lowest BCUT2D eigenvalue weighted by atomic mass is 10.2. The summed E-state index contributed by atoms with van der Waals surface area (Å²) >= 11 is 0. The largest absolute Gasteiger partial charge is 0.338 e. The van der Waals surface area contributed by atoms with Gasteiger partial charge in [0.15, 0.2) is 0 Å². The third-order valence-electron chi connectivity index (χ3n) is 3.05. The lowest BCUT2D eigenvalue weighted by molar-refractivity contribution is 0.280. The highest BCUT2D eigenvalue weighted by Gasteiger charge is 2.22. The highest BCUT2D eigenvalue weighted by atomic mass is 15.4. The Labute approximate surface area is 105 Å². The maximum Gasteiger partial charge on any atom is 0.208 e. The number of hydrogen-bond acceptors (Lipinski definition) is 3. The minimum absolute atomic E-state index is 0.449. The standard InChI is InChI=1S/C12H27N5/c1-10(2)8-14-12(15-13)17-7-5-6-16(4)9-11(17)3/h10-11H,5-9,13H2,1-4H3,(H,14,15). The summed E-state index contributed by atoms with van der Waals surface area (Å²) in [7, 11) is 2.17. The fourth-order valence-electron chi connectivity index (χ4n) is 2.18. The first-order chi connectivity index (χ1) is 8.04. The minimum atomic E-state index is 0.449. The van der Waals surface area contributed by atoms with E-state index >= 15 is 0 Å². The molecule has 0 aromatic heterocycles. The van der Waals surface area contributed by atoms with E-state index in [2.05, 4.69) is 48.0 Å². The molecule has 1 aliphatic rings. The molecule has 1 heterocycles. The number of aliphatic imine (C=N–C) groups is 1. The van der Waals surface area contributed by atoms with E-state index < -0.39 is 0 Å². The fraction of sp³-hybridized carbons (Fsp3) is 0.917. The van der Waals surface area contributed by atoms with Crippen LogP contribution in [-0.2, 0) is 0 Å². The van der Waals surface area contributed by atoms with Crippen molar-refractivity contribution in [2.45, 2.75) is 33.2 Å². The van der Waals surface area contributed by atoms with Crippen LogP contribution < -0.4 is 11.3 Å². The lowest BCUT2D eigenvalue weighted by Crippen LogP contribution is -2.50. The molecule has 1 rings (SSSR count). The van der Waals surface area contributed by atoms with E-state index in [9.17, 15) is 0 Å². The second-order valence-electron chi connectivity index (χ2n) is 5.36. The zero-order chi connectivity index (χ0) is 12.8. The molecule has 17 heavy (non-hydrogen) atoms. The van der Waals surface area contributed by atoms with Crippen molar-refractivity contribution in [1.82, 2.24) is 15.2 Å². The van der Waals surface area contributed by atoms with Crippen molar-refractivity contribution in [3.8, 4) is 0 Å². The molecular formula is C12H27N5. The predicted octanol–water partition coefficient (Wildman–Crippen LogP) is 0.488. The van der Waals surface area contributed by atoms with Crippen molar-refractivity contribution in [3.05, 3.63) is 0 Å². The number of likely N-dealkylation sites (N-methyl/N-ethyl adjacent to an activating group) is 1. The van der Waals surface area contributed by atoms with E-state index in [4.69, 9.17) is 5.84 Å². The van der Waals surface area contributed by atoms with Crippen LogP contribution in [0, 0.1) is 5.92 Å². The normalized spacial score (nSPS) is 24.0. The Balaban J connectivity index is 2.69. The number of nitrogens with zero attached hydrogens (tertiary/aromatic N) is 3. The Morgan fingerprint density at radius 1 is 1.47 bits per heavy atom. The van der Waals surface area contributed by atoms with Gasteiger partial charge in [0, 0.05) is 25.7 Å². The molecule has 0 aliphatic carbocycles. The number of guanidine groups is 1. The number of nitrogens with one attached hydrogen (secondary N) is 1. The van der Waals surface area contributed by atoms with Gasteiger partial charge < -0.3 is 9.80 Å². The van der Waals surface area contributed by atoms with Crippen LogP contribution >= 0.6 is 0 Å². The summed E-state index contributed by atoms with van der Waals surface area (Å²) in [5.41, 5.74) is 2.76. The Hall–Kier alpha value is -0.810. The summed E-state index contributed by atoms with van der Waals surface area (Å²) in [6, 6.07) is 0.449. The number of rotatable bonds is 2. The van der Waals surface area contributed by atoms with Crippen LogP contribution in [0.4, 0.5) is 0 Å². The Morgan fingerprint density at radius 3 is 2.76 bits per heavy atom. The molecule has 0 spiro atoms. The van der Waals surface area contributed by atoms with Crippen molar-refractivity contribution < 1.29 is 0 Å². The number of hydrogen-bond donors (Lipinski definition) is 2. The Kier molecular flexibility index (Phi) is 5.71. The van der Waals surface area contributed by atoms with Crippen LogP contribution in [0.15, 0.2) is 4.99 Å². The van der Waals surface area contributed by atoms with Crippen molar-refractivity contribution in [2.75, 3.05) is 33.2 Å². The van der Waals surface area contributed by atoms with E-state index in [1.54, 1.807) is 0 Å². The summed E-state index contributed by atoms with van der Waals surface area (Å²) in [5, 5.41) is 0. The van der Waals surface area contributed by atoms with Crippen molar-refractivity contribution in [2.24, 2.45) is 16.8 Å². The summed E-state index contributed by atoms with van der Waals surface area (Å²) in [4.78, 5) is 9.22. The molecule has 1 atom stereocenters. The molecule has 5 nitrogen and oxygen atoms in total. The third kappa shape index (κ3) is 4.52. The van der Waals surface area contributed by atoms with Gasteiger partial charge in [-0.05, 0) is 32.9 Å². The van der Waals surface area contributed by atoms with E-state index in [-0.39, 0.29) is 0 Å². The lowest BCUT2D eigenvalue weighted by Gasteiger charge is -2.30. The van der Waals surface area contributed by atoms with Gasteiger partial charge in [0.1, 0.15) is 0 Å². The third-order valence-corrected chi connectivity index (χ3v) is 3.05. The van der Waals surface area contributed by atoms with Gasteiger partial charge in [0.05, 0.1) is 0 Å². The fourth-order valence-corrected chi connectivity index (χ4v) is 2.18. The van der Waals surface area contributed by atoms with Gasteiger partial charge in [0.2, 0.25) is 5.96 Å². The van der Waals surface area contributed by atoms with Crippen LogP contribution in [0.3, 0.4) is 0 Å². The van der Waals surface area contributed by atoms with Gasteiger partial charge >= 0.3 is 0 Å². The second-order valence-corrected chi connectivity index (χ2v) is 5.36. The molecule has 0 aromatic rings. The van der Waals surface area contributed by atoms with Gasteiger partial charge in [-0.3, -0.25) is 10.4 Å². The summed E-state index contributed by atoms with van der Waals surface area (Å²) < 4.78 is 0. The van der Waals surface area contributed by atoms with Gasteiger partial charge in [-0.1, -0.05) is 13.8 Å². The van der Waals surface area contributed by atoms with Gasteiger partial charge in [-0.25, -0.2) is 5.84 Å². The van der Waals surface area contributed by atoms with Crippen LogP contribution in [0.2, 0.25) is 0 Å². The zero-order valence-electron chi connectivity index (χ0n) is 11.6. The quantitative estimate of drug-likeness (QED) is 0.320. The number of hydrazine groups is 1. The Morgan fingerprint density at radius 2 is 2.18 bits per heavy atom. The van der Waals surface area contributed by atoms with Gasteiger partial charge in [0.25, 0.3) is 0 Å². The Bertz CT molecular complexity index is 251. The first-order valence-corrected chi connectivity index (χ1v) is 6.50. The zero-order valence-corrected chi connectivity index (χ0v) is 11.6. The molecule has 3 N–H and O–H groups in total. The topological polar surface area (TPSA) is 56.9 Å². The van der Waals surface area contributed by atoms with E-state index in [1.807, 2.05) is 0 Å².